The summed E-state index contributed by atoms with van der Waals surface area (Å²) in [5.41, 5.74) is 4.30. The van der Waals surface area contributed by atoms with Crippen molar-refractivity contribution in [1.82, 2.24) is 5.43 Å². The van der Waals surface area contributed by atoms with Crippen LogP contribution in [0.15, 0.2) is 47.6 Å². The van der Waals surface area contributed by atoms with Gasteiger partial charge in [0.25, 0.3) is 0 Å². The molecule has 2 rings (SSSR count). The molecule has 0 fully saturated rings. The Labute approximate surface area is 172 Å². The number of amides is 3. The summed E-state index contributed by atoms with van der Waals surface area (Å²) in [6.07, 6.45) is -0.108. The van der Waals surface area contributed by atoms with Crippen LogP contribution >= 0.6 is 23.2 Å². The van der Waals surface area contributed by atoms with Crippen LogP contribution in [0, 0.1) is 6.92 Å². The Morgan fingerprint density at radius 1 is 0.964 bits per heavy atom. The Kier molecular flexibility index (Phi) is 7.54. The van der Waals surface area contributed by atoms with Gasteiger partial charge in [0, 0.05) is 11.4 Å². The Morgan fingerprint density at radius 2 is 1.64 bits per heavy atom. The molecule has 9 heteroatoms. The zero-order valence-electron chi connectivity index (χ0n) is 15.2. The fourth-order valence-corrected chi connectivity index (χ4v) is 2.44. The number of benzene rings is 2. The van der Waals surface area contributed by atoms with Gasteiger partial charge in [-0.3, -0.25) is 14.4 Å². The van der Waals surface area contributed by atoms with E-state index < -0.39 is 17.7 Å². The minimum Gasteiger partial charge on any atom is -0.324 e. The third-order valence-corrected chi connectivity index (χ3v) is 4.32. The van der Waals surface area contributed by atoms with Crippen LogP contribution in [0.25, 0.3) is 0 Å². The summed E-state index contributed by atoms with van der Waals surface area (Å²) in [6.45, 7) is 3.45. The predicted molar refractivity (Wildman–Crippen MR) is 111 cm³/mol. The minimum atomic E-state index is -0.946. The highest BCUT2D eigenvalue weighted by Crippen LogP contribution is 2.29. The lowest BCUT2D eigenvalue weighted by atomic mass is 10.2. The first-order valence-corrected chi connectivity index (χ1v) is 8.97. The topological polar surface area (TPSA) is 99.7 Å². The van der Waals surface area contributed by atoms with Gasteiger partial charge in [-0.2, -0.15) is 5.10 Å². The normalized spacial score (nSPS) is 10.9. The van der Waals surface area contributed by atoms with E-state index >= 15 is 0 Å². The number of carbonyl (C=O) groups is 3. The van der Waals surface area contributed by atoms with E-state index in [1.54, 1.807) is 42.5 Å². The van der Waals surface area contributed by atoms with Crippen LogP contribution < -0.4 is 16.1 Å². The molecule has 3 N–H and O–H groups in total. The van der Waals surface area contributed by atoms with Gasteiger partial charge in [0.2, 0.25) is 5.91 Å². The second-order valence-electron chi connectivity index (χ2n) is 5.93. The number of nitrogens with zero attached hydrogens (tertiary/aromatic N) is 1. The Morgan fingerprint density at radius 3 is 2.32 bits per heavy atom. The van der Waals surface area contributed by atoms with Crippen molar-refractivity contribution in [2.45, 2.75) is 20.3 Å². The van der Waals surface area contributed by atoms with E-state index in [1.807, 2.05) is 6.92 Å². The van der Waals surface area contributed by atoms with Gasteiger partial charge in [-0.15, -0.1) is 0 Å². The number of anilines is 2. The second kappa shape index (κ2) is 9.87. The molecule has 0 aliphatic rings. The van der Waals surface area contributed by atoms with Crippen LogP contribution in [-0.2, 0) is 14.4 Å². The number of nitrogens with one attached hydrogen (secondary N) is 3. The molecule has 2 aromatic rings. The van der Waals surface area contributed by atoms with E-state index in [0.29, 0.717) is 22.1 Å². The molecule has 0 radical (unpaired) electrons. The van der Waals surface area contributed by atoms with Crippen molar-refractivity contribution in [3.8, 4) is 0 Å². The fourth-order valence-electron chi connectivity index (χ4n) is 2.09. The zero-order chi connectivity index (χ0) is 20.7. The van der Waals surface area contributed by atoms with Crippen molar-refractivity contribution in [3.05, 3.63) is 58.1 Å². The van der Waals surface area contributed by atoms with Crippen LogP contribution in [0.3, 0.4) is 0 Å². The first-order chi connectivity index (χ1) is 13.3. The monoisotopic (exact) mass is 420 g/mol. The number of halogens is 2. The van der Waals surface area contributed by atoms with Gasteiger partial charge in [-0.05, 0) is 38.1 Å². The van der Waals surface area contributed by atoms with E-state index in [0.717, 1.165) is 5.56 Å². The highest BCUT2D eigenvalue weighted by atomic mass is 35.5. The third-order valence-electron chi connectivity index (χ3n) is 3.51. The van der Waals surface area contributed by atoms with Crippen molar-refractivity contribution in [3.63, 3.8) is 0 Å². The largest absolute Gasteiger partial charge is 0.329 e. The van der Waals surface area contributed by atoms with Crippen molar-refractivity contribution in [2.24, 2.45) is 5.10 Å². The van der Waals surface area contributed by atoms with E-state index in [4.69, 9.17) is 23.2 Å². The Balaban J connectivity index is 1.86. The second-order valence-corrected chi connectivity index (χ2v) is 6.72. The first-order valence-electron chi connectivity index (χ1n) is 8.21. The average Bonchev–Trinajstić information content (AvgIpc) is 2.65. The average molecular weight is 421 g/mol. The Hall–Kier alpha value is -2.90. The molecule has 0 saturated heterocycles. The van der Waals surface area contributed by atoms with Crippen molar-refractivity contribution >= 4 is 58.0 Å². The lowest BCUT2D eigenvalue weighted by Crippen LogP contribution is -2.33. The minimum absolute atomic E-state index is 0.108. The molecule has 0 aliphatic carbocycles. The maximum atomic E-state index is 12.0. The molecular weight excluding hydrogens is 403 g/mol. The van der Waals surface area contributed by atoms with Crippen molar-refractivity contribution in [2.75, 3.05) is 10.6 Å². The van der Waals surface area contributed by atoms with Crippen LogP contribution in [-0.4, -0.2) is 23.4 Å². The van der Waals surface area contributed by atoms with Gasteiger partial charge in [0.15, 0.2) is 0 Å². The van der Waals surface area contributed by atoms with E-state index in [1.165, 1.54) is 6.92 Å². The smallest absolute Gasteiger partial charge is 0.324 e. The summed E-state index contributed by atoms with van der Waals surface area (Å²) in [5, 5.41) is 9.36. The standard InChI is InChI=1S/C19H18Cl2N4O3/c1-11-6-8-13(9-7-11)22-18(27)19(28)25-24-12(2)10-16(26)23-15-5-3-4-14(20)17(15)21/h3-9H,10H2,1-2H3,(H,22,27)(H,23,26)(H,25,28)/b24-12+. The van der Waals surface area contributed by atoms with Crippen LogP contribution in [0.1, 0.15) is 18.9 Å². The summed E-state index contributed by atoms with van der Waals surface area (Å²) < 4.78 is 0. The summed E-state index contributed by atoms with van der Waals surface area (Å²) in [6, 6.07) is 11.8. The van der Waals surface area contributed by atoms with E-state index in [-0.39, 0.29) is 11.4 Å². The zero-order valence-corrected chi connectivity index (χ0v) is 16.7. The van der Waals surface area contributed by atoms with Gasteiger partial charge in [-0.25, -0.2) is 5.43 Å². The molecule has 0 heterocycles. The van der Waals surface area contributed by atoms with Gasteiger partial charge >= 0.3 is 11.8 Å². The summed E-state index contributed by atoms with van der Waals surface area (Å²) in [4.78, 5) is 35.7. The van der Waals surface area contributed by atoms with Crippen LogP contribution in [0.5, 0.6) is 0 Å². The highest BCUT2D eigenvalue weighted by Gasteiger charge is 2.14. The lowest BCUT2D eigenvalue weighted by molar-refractivity contribution is -0.136. The summed E-state index contributed by atoms with van der Waals surface area (Å²) in [5.74, 6) is -2.21. The molecule has 146 valence electrons. The number of carbonyl (C=O) groups excluding carboxylic acids is 3. The van der Waals surface area contributed by atoms with E-state index in [2.05, 4.69) is 21.2 Å². The highest BCUT2D eigenvalue weighted by molar-refractivity contribution is 6.44. The number of hydrazone groups is 1. The van der Waals surface area contributed by atoms with Gasteiger partial charge in [0.1, 0.15) is 0 Å². The van der Waals surface area contributed by atoms with Gasteiger partial charge in [0.05, 0.1) is 22.2 Å². The van der Waals surface area contributed by atoms with Crippen LogP contribution in [0.4, 0.5) is 11.4 Å². The summed E-state index contributed by atoms with van der Waals surface area (Å²) in [7, 11) is 0. The molecule has 28 heavy (non-hydrogen) atoms. The van der Waals surface area contributed by atoms with Crippen LogP contribution in [0.2, 0.25) is 10.0 Å². The lowest BCUT2D eigenvalue weighted by Gasteiger charge is -2.08. The number of rotatable bonds is 5. The maximum Gasteiger partial charge on any atom is 0.329 e. The molecule has 0 atom stereocenters. The SMILES string of the molecule is C/C(CC(=O)Nc1cccc(Cl)c1Cl)=N\NC(=O)C(=O)Nc1ccc(C)cc1. The molecule has 0 saturated carbocycles. The molecule has 2 aromatic carbocycles. The van der Waals surface area contributed by atoms with Crippen molar-refractivity contribution < 1.29 is 14.4 Å². The molecule has 3 amide bonds. The predicted octanol–water partition coefficient (Wildman–Crippen LogP) is 3.76. The number of aryl methyl sites for hydroxylation is 1. The third kappa shape index (κ3) is 6.37. The van der Waals surface area contributed by atoms with Gasteiger partial charge < -0.3 is 10.6 Å². The molecule has 0 unspecified atom stereocenters. The Bertz CT molecular complexity index is 927. The molecule has 7 nitrogen and oxygen atoms in total. The quantitative estimate of drug-likeness (QED) is 0.389. The maximum absolute atomic E-state index is 12.0. The number of hydrogen-bond acceptors (Lipinski definition) is 4. The fraction of sp³-hybridized carbons (Fsp3) is 0.158. The first kappa shape index (κ1) is 21.4. The molecular formula is C19H18Cl2N4O3. The summed E-state index contributed by atoms with van der Waals surface area (Å²) >= 11 is 11.9. The molecule has 0 bridgehead atoms. The molecule has 0 aromatic heterocycles. The van der Waals surface area contributed by atoms with Gasteiger partial charge in [-0.1, -0.05) is 47.0 Å². The van der Waals surface area contributed by atoms with E-state index in [9.17, 15) is 14.4 Å². The molecule has 0 aliphatic heterocycles. The number of hydrogen-bond donors (Lipinski definition) is 3. The molecule has 0 spiro atoms. The van der Waals surface area contributed by atoms with Crippen molar-refractivity contribution in [1.29, 1.82) is 0 Å².